The summed E-state index contributed by atoms with van der Waals surface area (Å²) in [6.45, 7) is 0. The molecule has 0 heterocycles. The molecule has 1 aliphatic rings. The van der Waals surface area contributed by atoms with Gasteiger partial charge in [-0.05, 0) is 30.5 Å². The van der Waals surface area contributed by atoms with Gasteiger partial charge in [-0.25, -0.2) is 0 Å². The van der Waals surface area contributed by atoms with Crippen LogP contribution in [0.5, 0.6) is 0 Å². The van der Waals surface area contributed by atoms with Gasteiger partial charge in [0.25, 0.3) is 0 Å². The number of hydrogen-bond acceptors (Lipinski definition) is 1. The molecule has 1 aromatic rings. The minimum absolute atomic E-state index is 0.357. The molecule has 1 aromatic carbocycles. The molecule has 1 saturated carbocycles. The minimum Gasteiger partial charge on any atom is -0.299 e. The van der Waals surface area contributed by atoms with E-state index in [1.165, 1.54) is 0 Å². The van der Waals surface area contributed by atoms with Crippen molar-refractivity contribution in [1.29, 1.82) is 0 Å². The molecule has 0 N–H and O–H groups in total. The quantitative estimate of drug-likeness (QED) is 0.723. The fraction of sp³-hybridized carbons (Fsp3) is 0.364. The highest BCUT2D eigenvalue weighted by atomic mass is 35.5. The Morgan fingerprint density at radius 2 is 1.92 bits per heavy atom. The van der Waals surface area contributed by atoms with Crippen molar-refractivity contribution in [2.45, 2.75) is 19.3 Å². The molecule has 0 atom stereocenters. The van der Waals surface area contributed by atoms with Crippen LogP contribution >= 0.6 is 11.6 Å². The van der Waals surface area contributed by atoms with E-state index in [1.54, 1.807) is 0 Å². The van der Waals surface area contributed by atoms with Gasteiger partial charge in [-0.1, -0.05) is 23.7 Å². The number of Topliss-reactive ketones (excluding diaryl/α,β-unsaturated/α-hetero) is 1. The maximum atomic E-state index is 11.4. The van der Waals surface area contributed by atoms with E-state index in [-0.39, 0.29) is 0 Å². The standard InChI is InChI=1S/C11H11ClO/c12-10-5-1-8(2-6-10)7-11(13)9-3-4-9/h1-2,5-6,9H,3-4,7H2. The third-order valence-electron chi connectivity index (χ3n) is 2.32. The zero-order valence-electron chi connectivity index (χ0n) is 7.29. The van der Waals surface area contributed by atoms with Crippen molar-refractivity contribution in [3.63, 3.8) is 0 Å². The van der Waals surface area contributed by atoms with E-state index in [9.17, 15) is 4.79 Å². The molecule has 0 saturated heterocycles. The van der Waals surface area contributed by atoms with Gasteiger partial charge in [-0.2, -0.15) is 0 Å². The summed E-state index contributed by atoms with van der Waals surface area (Å²) in [4.78, 5) is 11.4. The highest BCUT2D eigenvalue weighted by molar-refractivity contribution is 6.30. The van der Waals surface area contributed by atoms with Crippen molar-refractivity contribution in [1.82, 2.24) is 0 Å². The zero-order chi connectivity index (χ0) is 9.26. The molecule has 0 spiro atoms. The number of carbonyl (C=O) groups excluding carboxylic acids is 1. The van der Waals surface area contributed by atoms with Crippen LogP contribution in [0.2, 0.25) is 5.02 Å². The molecule has 13 heavy (non-hydrogen) atoms. The molecule has 0 aromatic heterocycles. The highest BCUT2D eigenvalue weighted by Gasteiger charge is 2.28. The van der Waals surface area contributed by atoms with Crippen LogP contribution in [0, 0.1) is 5.92 Å². The maximum absolute atomic E-state index is 11.4. The van der Waals surface area contributed by atoms with Crippen LogP contribution in [0.4, 0.5) is 0 Å². The Kier molecular flexibility index (Phi) is 2.36. The van der Waals surface area contributed by atoms with Gasteiger partial charge in [0, 0.05) is 17.4 Å². The van der Waals surface area contributed by atoms with E-state index in [2.05, 4.69) is 0 Å². The SMILES string of the molecule is O=C(Cc1ccc(Cl)cc1)C1CC1. The van der Waals surface area contributed by atoms with Crippen LogP contribution in [0.15, 0.2) is 24.3 Å². The fourth-order valence-electron chi connectivity index (χ4n) is 1.35. The first-order chi connectivity index (χ1) is 6.25. The largest absolute Gasteiger partial charge is 0.299 e. The van der Waals surface area contributed by atoms with Crippen molar-refractivity contribution in [3.05, 3.63) is 34.9 Å². The van der Waals surface area contributed by atoms with Crippen LogP contribution in [0.1, 0.15) is 18.4 Å². The Balaban J connectivity index is 2.00. The summed E-state index contributed by atoms with van der Waals surface area (Å²) in [5.74, 6) is 0.734. The average Bonchev–Trinajstić information content (AvgIpc) is 2.91. The first kappa shape index (κ1) is 8.76. The van der Waals surface area contributed by atoms with E-state index >= 15 is 0 Å². The van der Waals surface area contributed by atoms with Gasteiger partial charge in [0.2, 0.25) is 0 Å². The number of benzene rings is 1. The summed E-state index contributed by atoms with van der Waals surface area (Å²) >= 11 is 5.74. The minimum atomic E-state index is 0.357. The molecular weight excluding hydrogens is 184 g/mol. The van der Waals surface area contributed by atoms with Crippen molar-refractivity contribution >= 4 is 17.4 Å². The lowest BCUT2D eigenvalue weighted by Crippen LogP contribution is -2.04. The molecule has 2 heteroatoms. The zero-order valence-corrected chi connectivity index (χ0v) is 8.05. The van der Waals surface area contributed by atoms with Crippen LogP contribution in [-0.2, 0) is 11.2 Å². The summed E-state index contributed by atoms with van der Waals surface area (Å²) in [7, 11) is 0. The first-order valence-electron chi connectivity index (χ1n) is 4.53. The molecule has 1 nitrogen and oxygen atoms in total. The van der Waals surface area contributed by atoms with Gasteiger partial charge >= 0.3 is 0 Å². The van der Waals surface area contributed by atoms with Crippen LogP contribution < -0.4 is 0 Å². The first-order valence-corrected chi connectivity index (χ1v) is 4.90. The van der Waals surface area contributed by atoms with Crippen LogP contribution in [0.3, 0.4) is 0 Å². The summed E-state index contributed by atoms with van der Waals surface area (Å²) in [6, 6.07) is 7.50. The van der Waals surface area contributed by atoms with E-state index in [1.807, 2.05) is 24.3 Å². The van der Waals surface area contributed by atoms with E-state index < -0.39 is 0 Å². The van der Waals surface area contributed by atoms with Crippen LogP contribution in [-0.4, -0.2) is 5.78 Å². The van der Waals surface area contributed by atoms with Gasteiger partial charge in [-0.3, -0.25) is 4.79 Å². The van der Waals surface area contributed by atoms with Gasteiger partial charge in [0.05, 0.1) is 0 Å². The predicted molar refractivity (Wildman–Crippen MR) is 52.9 cm³/mol. The normalized spacial score (nSPS) is 15.8. The Labute approximate surface area is 82.7 Å². The Hall–Kier alpha value is -0.820. The summed E-state index contributed by atoms with van der Waals surface area (Å²) in [5.41, 5.74) is 1.07. The number of carbonyl (C=O) groups is 1. The molecule has 0 unspecified atom stereocenters. The number of ketones is 1. The Morgan fingerprint density at radius 3 is 2.46 bits per heavy atom. The second-order valence-electron chi connectivity index (χ2n) is 3.54. The van der Waals surface area contributed by atoms with Gasteiger partial charge in [-0.15, -0.1) is 0 Å². The summed E-state index contributed by atoms with van der Waals surface area (Å²) in [5, 5.41) is 0.725. The molecule has 0 bridgehead atoms. The highest BCUT2D eigenvalue weighted by Crippen LogP contribution is 2.30. The summed E-state index contributed by atoms with van der Waals surface area (Å²) < 4.78 is 0. The lowest BCUT2D eigenvalue weighted by atomic mass is 10.1. The van der Waals surface area contributed by atoms with E-state index in [4.69, 9.17) is 11.6 Å². The lowest BCUT2D eigenvalue weighted by Gasteiger charge is -1.99. The third-order valence-corrected chi connectivity index (χ3v) is 2.58. The summed E-state index contributed by atoms with van der Waals surface area (Å²) in [6.07, 6.45) is 2.75. The maximum Gasteiger partial charge on any atom is 0.140 e. The lowest BCUT2D eigenvalue weighted by molar-refractivity contribution is -0.119. The van der Waals surface area contributed by atoms with Crippen molar-refractivity contribution in [3.8, 4) is 0 Å². The van der Waals surface area contributed by atoms with Gasteiger partial charge < -0.3 is 0 Å². The van der Waals surface area contributed by atoms with Crippen molar-refractivity contribution in [2.75, 3.05) is 0 Å². The molecule has 0 aliphatic heterocycles. The second kappa shape index (κ2) is 3.51. The monoisotopic (exact) mass is 194 g/mol. The second-order valence-corrected chi connectivity index (χ2v) is 3.98. The van der Waals surface area contributed by atoms with Crippen molar-refractivity contribution < 1.29 is 4.79 Å². The molecular formula is C11H11ClO. The smallest absolute Gasteiger partial charge is 0.140 e. The number of hydrogen-bond donors (Lipinski definition) is 0. The van der Waals surface area contributed by atoms with Crippen LogP contribution in [0.25, 0.3) is 0 Å². The Morgan fingerprint density at radius 1 is 1.31 bits per heavy atom. The van der Waals surface area contributed by atoms with E-state index in [0.29, 0.717) is 18.1 Å². The number of halogens is 1. The molecule has 0 amide bonds. The fourth-order valence-corrected chi connectivity index (χ4v) is 1.48. The number of rotatable bonds is 3. The molecule has 1 aliphatic carbocycles. The van der Waals surface area contributed by atoms with Gasteiger partial charge in [0.1, 0.15) is 5.78 Å². The molecule has 1 fully saturated rings. The third kappa shape index (κ3) is 2.31. The Bertz CT molecular complexity index is 311. The van der Waals surface area contributed by atoms with E-state index in [0.717, 1.165) is 23.4 Å². The topological polar surface area (TPSA) is 17.1 Å². The predicted octanol–water partition coefficient (Wildman–Crippen LogP) is 2.86. The van der Waals surface area contributed by atoms with Crippen molar-refractivity contribution in [2.24, 2.45) is 5.92 Å². The van der Waals surface area contributed by atoms with Gasteiger partial charge in [0.15, 0.2) is 0 Å². The molecule has 68 valence electrons. The average molecular weight is 195 g/mol. The molecule has 2 rings (SSSR count). The molecule has 0 radical (unpaired) electrons.